The number of rotatable bonds is 2. The van der Waals surface area contributed by atoms with Crippen LogP contribution in [0.5, 0.6) is 0 Å². The quantitative estimate of drug-likeness (QED) is 0.767. The molecule has 21 heavy (non-hydrogen) atoms. The first-order valence-corrected chi connectivity index (χ1v) is 6.21. The van der Waals surface area contributed by atoms with Crippen molar-refractivity contribution in [1.82, 2.24) is 24.4 Å². The molecule has 0 spiro atoms. The van der Waals surface area contributed by atoms with Gasteiger partial charge in [0.25, 0.3) is 5.91 Å². The van der Waals surface area contributed by atoms with E-state index in [0.29, 0.717) is 11.3 Å². The number of hydrogen-bond donors (Lipinski definition) is 1. The molecule has 0 atom stereocenters. The third-order valence-electron chi connectivity index (χ3n) is 2.75. The van der Waals surface area contributed by atoms with E-state index in [0.717, 1.165) is 0 Å². The van der Waals surface area contributed by atoms with Crippen LogP contribution in [-0.4, -0.2) is 30.3 Å². The number of carbonyl (C=O) groups is 1. The van der Waals surface area contributed by atoms with Gasteiger partial charge in [0.15, 0.2) is 17.0 Å². The highest BCUT2D eigenvalue weighted by Gasteiger charge is 2.16. The van der Waals surface area contributed by atoms with Crippen molar-refractivity contribution in [3.63, 3.8) is 0 Å². The fraction of sp³-hybridized carbons (Fsp3) is 0.0833. The number of nitrogens with one attached hydrogen (secondary N) is 1. The SMILES string of the molecule is Cn1cc(NC(=O)c2cnc3ccc(Cl)nn23)c(C#N)n1. The summed E-state index contributed by atoms with van der Waals surface area (Å²) < 4.78 is 2.78. The van der Waals surface area contributed by atoms with Gasteiger partial charge in [-0.2, -0.15) is 15.5 Å². The largest absolute Gasteiger partial charge is 0.317 e. The minimum absolute atomic E-state index is 0.130. The molecule has 3 aromatic rings. The average Bonchev–Trinajstić information content (AvgIpc) is 3.01. The monoisotopic (exact) mass is 301 g/mol. The fourth-order valence-corrected chi connectivity index (χ4v) is 1.99. The minimum Gasteiger partial charge on any atom is -0.317 e. The number of aromatic nitrogens is 5. The van der Waals surface area contributed by atoms with E-state index in [2.05, 4.69) is 20.5 Å². The summed E-state index contributed by atoms with van der Waals surface area (Å²) in [4.78, 5) is 16.3. The predicted molar refractivity (Wildman–Crippen MR) is 73.9 cm³/mol. The van der Waals surface area contributed by atoms with Crippen LogP contribution < -0.4 is 5.32 Å². The van der Waals surface area contributed by atoms with Gasteiger partial charge in [-0.05, 0) is 12.1 Å². The summed E-state index contributed by atoms with van der Waals surface area (Å²) in [6, 6.07) is 5.14. The minimum atomic E-state index is -0.457. The van der Waals surface area contributed by atoms with Crippen LogP contribution in [0.1, 0.15) is 16.2 Å². The Kier molecular flexibility index (Phi) is 3.04. The van der Waals surface area contributed by atoms with Gasteiger partial charge in [-0.3, -0.25) is 9.48 Å². The normalized spacial score (nSPS) is 10.5. The highest BCUT2D eigenvalue weighted by atomic mass is 35.5. The highest BCUT2D eigenvalue weighted by molar-refractivity contribution is 6.29. The van der Waals surface area contributed by atoms with E-state index in [4.69, 9.17) is 16.9 Å². The number of carbonyl (C=O) groups excluding carboxylic acids is 1. The fourth-order valence-electron chi connectivity index (χ4n) is 1.85. The topological polar surface area (TPSA) is 101 Å². The van der Waals surface area contributed by atoms with Crippen molar-refractivity contribution in [2.75, 3.05) is 5.32 Å². The molecule has 8 nitrogen and oxygen atoms in total. The molecule has 0 aliphatic rings. The number of nitriles is 1. The Morgan fingerprint density at radius 1 is 1.43 bits per heavy atom. The number of amides is 1. The van der Waals surface area contributed by atoms with Gasteiger partial charge in [0.05, 0.1) is 11.9 Å². The molecule has 104 valence electrons. The molecule has 0 radical (unpaired) electrons. The van der Waals surface area contributed by atoms with Gasteiger partial charge in [-0.25, -0.2) is 9.50 Å². The summed E-state index contributed by atoms with van der Waals surface area (Å²) in [6.07, 6.45) is 2.93. The third kappa shape index (κ3) is 2.30. The van der Waals surface area contributed by atoms with Gasteiger partial charge < -0.3 is 5.32 Å². The van der Waals surface area contributed by atoms with E-state index >= 15 is 0 Å². The molecular formula is C12H8ClN7O. The zero-order valence-corrected chi connectivity index (χ0v) is 11.5. The molecule has 3 aromatic heterocycles. The van der Waals surface area contributed by atoms with Gasteiger partial charge in [-0.1, -0.05) is 11.6 Å². The van der Waals surface area contributed by atoms with Gasteiger partial charge >= 0.3 is 0 Å². The molecule has 3 heterocycles. The molecule has 0 aliphatic carbocycles. The number of fused-ring (bicyclic) bond motifs is 1. The summed E-state index contributed by atoms with van der Waals surface area (Å²) in [6.45, 7) is 0. The zero-order chi connectivity index (χ0) is 15.0. The lowest BCUT2D eigenvalue weighted by Crippen LogP contribution is -2.15. The maximum absolute atomic E-state index is 12.3. The first-order chi connectivity index (χ1) is 10.1. The van der Waals surface area contributed by atoms with Crippen LogP contribution in [0.25, 0.3) is 5.65 Å². The van der Waals surface area contributed by atoms with Crippen molar-refractivity contribution in [3.8, 4) is 6.07 Å². The lowest BCUT2D eigenvalue weighted by atomic mass is 10.3. The van der Waals surface area contributed by atoms with Crippen LogP contribution in [0.4, 0.5) is 5.69 Å². The average molecular weight is 302 g/mol. The van der Waals surface area contributed by atoms with Crippen molar-refractivity contribution in [1.29, 1.82) is 5.26 Å². The summed E-state index contributed by atoms with van der Waals surface area (Å²) in [5.41, 5.74) is 1.16. The van der Waals surface area contributed by atoms with Crippen LogP contribution in [0.3, 0.4) is 0 Å². The molecular weight excluding hydrogens is 294 g/mol. The molecule has 0 aromatic carbocycles. The second-order valence-electron chi connectivity index (χ2n) is 4.20. The predicted octanol–water partition coefficient (Wildman–Crippen LogP) is 1.24. The van der Waals surface area contributed by atoms with Gasteiger partial charge in [0, 0.05) is 13.2 Å². The molecule has 0 saturated carbocycles. The van der Waals surface area contributed by atoms with Gasteiger partial charge in [0.1, 0.15) is 11.2 Å². The number of anilines is 1. The Bertz CT molecular complexity index is 889. The number of halogens is 1. The number of imidazole rings is 1. The highest BCUT2D eigenvalue weighted by Crippen LogP contribution is 2.15. The van der Waals surface area contributed by atoms with Crippen molar-refractivity contribution in [3.05, 3.63) is 41.1 Å². The van der Waals surface area contributed by atoms with Crippen LogP contribution in [0, 0.1) is 11.3 Å². The van der Waals surface area contributed by atoms with Crippen LogP contribution in [0.15, 0.2) is 24.5 Å². The molecule has 1 amide bonds. The molecule has 0 fully saturated rings. The van der Waals surface area contributed by atoms with Gasteiger partial charge in [-0.15, -0.1) is 0 Å². The van der Waals surface area contributed by atoms with Crippen molar-refractivity contribution in [2.45, 2.75) is 0 Å². The zero-order valence-electron chi connectivity index (χ0n) is 10.8. The maximum Gasteiger partial charge on any atom is 0.276 e. The summed E-state index contributed by atoms with van der Waals surface area (Å²) >= 11 is 5.82. The number of hydrogen-bond acceptors (Lipinski definition) is 5. The van der Waals surface area contributed by atoms with E-state index < -0.39 is 5.91 Å². The van der Waals surface area contributed by atoms with E-state index in [-0.39, 0.29) is 16.5 Å². The molecule has 0 unspecified atom stereocenters. The Hall–Kier alpha value is -2.92. The Morgan fingerprint density at radius 3 is 3.00 bits per heavy atom. The Morgan fingerprint density at radius 2 is 2.24 bits per heavy atom. The second kappa shape index (κ2) is 4.88. The standard InChI is InChI=1S/C12H8ClN7O/c1-19-6-8(7(4-14)17-19)16-12(21)9-5-15-11-3-2-10(13)18-20(9)11/h2-3,5-6H,1H3,(H,16,21). The lowest BCUT2D eigenvalue weighted by molar-refractivity contribution is 0.102. The molecule has 0 bridgehead atoms. The van der Waals surface area contributed by atoms with Crippen LogP contribution in [-0.2, 0) is 7.05 Å². The second-order valence-corrected chi connectivity index (χ2v) is 4.59. The molecule has 0 saturated heterocycles. The molecule has 1 N–H and O–H groups in total. The number of aryl methyl sites for hydroxylation is 1. The molecule has 0 aliphatic heterocycles. The lowest BCUT2D eigenvalue weighted by Gasteiger charge is -2.02. The maximum atomic E-state index is 12.3. The summed E-state index contributed by atoms with van der Waals surface area (Å²) in [5, 5.41) is 19.8. The van der Waals surface area contributed by atoms with E-state index in [1.165, 1.54) is 15.4 Å². The molecule has 9 heteroatoms. The smallest absolute Gasteiger partial charge is 0.276 e. The van der Waals surface area contributed by atoms with E-state index in [9.17, 15) is 4.79 Å². The van der Waals surface area contributed by atoms with E-state index in [1.54, 1.807) is 25.4 Å². The summed E-state index contributed by atoms with van der Waals surface area (Å²) in [7, 11) is 1.66. The van der Waals surface area contributed by atoms with Crippen LogP contribution >= 0.6 is 11.6 Å². The third-order valence-corrected chi connectivity index (χ3v) is 2.95. The first-order valence-electron chi connectivity index (χ1n) is 5.84. The van der Waals surface area contributed by atoms with Crippen molar-refractivity contribution in [2.24, 2.45) is 7.05 Å². The van der Waals surface area contributed by atoms with Crippen molar-refractivity contribution >= 4 is 28.8 Å². The van der Waals surface area contributed by atoms with Crippen molar-refractivity contribution < 1.29 is 4.79 Å². The van der Waals surface area contributed by atoms with Gasteiger partial charge in [0.2, 0.25) is 0 Å². The number of nitrogens with zero attached hydrogens (tertiary/aromatic N) is 6. The Labute approximate surface area is 123 Å². The van der Waals surface area contributed by atoms with E-state index in [1.807, 2.05) is 6.07 Å². The van der Waals surface area contributed by atoms with Crippen LogP contribution in [0.2, 0.25) is 5.15 Å². The molecule has 3 rings (SSSR count). The Balaban J connectivity index is 1.97. The summed E-state index contributed by atoms with van der Waals surface area (Å²) in [5.74, 6) is -0.457. The first kappa shape index (κ1) is 13.1.